The van der Waals surface area contributed by atoms with E-state index in [1.54, 1.807) is 0 Å². The number of nitrogens with zero attached hydrogens (tertiary/aromatic N) is 3. The van der Waals surface area contributed by atoms with Crippen molar-refractivity contribution in [2.75, 3.05) is 36.5 Å². The Hall–Kier alpha value is -1.43. The highest BCUT2D eigenvalue weighted by Gasteiger charge is 2.23. The van der Waals surface area contributed by atoms with Gasteiger partial charge in [0.05, 0.1) is 12.3 Å². The lowest BCUT2D eigenvalue weighted by atomic mass is 10.1. The Morgan fingerprint density at radius 1 is 1.50 bits per heavy atom. The maximum absolute atomic E-state index is 14.0. The third-order valence-electron chi connectivity index (χ3n) is 3.34. The molecule has 0 radical (unpaired) electrons. The van der Waals surface area contributed by atoms with Gasteiger partial charge in [0.2, 0.25) is 5.95 Å². The summed E-state index contributed by atoms with van der Waals surface area (Å²) in [4.78, 5) is 10.2. The molecule has 2 rings (SSSR count). The van der Waals surface area contributed by atoms with E-state index in [0.29, 0.717) is 24.9 Å². The number of anilines is 2. The molecule has 1 saturated heterocycles. The van der Waals surface area contributed by atoms with Gasteiger partial charge in [0, 0.05) is 26.2 Å². The predicted octanol–water partition coefficient (Wildman–Crippen LogP) is 2.44. The van der Waals surface area contributed by atoms with Gasteiger partial charge in [-0.25, -0.2) is 9.37 Å². The number of aromatic nitrogens is 2. The lowest BCUT2D eigenvalue weighted by Crippen LogP contribution is -2.40. The first-order chi connectivity index (χ1) is 9.74. The molecular formula is C14H23FN4O. The van der Waals surface area contributed by atoms with Crippen LogP contribution in [0.15, 0.2) is 6.20 Å². The van der Waals surface area contributed by atoms with Crippen molar-refractivity contribution >= 4 is 11.8 Å². The van der Waals surface area contributed by atoms with Crippen LogP contribution in [0.4, 0.5) is 16.2 Å². The lowest BCUT2D eigenvalue weighted by molar-refractivity contribution is 0.0524. The molecule has 0 saturated carbocycles. The summed E-state index contributed by atoms with van der Waals surface area (Å²) in [6, 6.07) is 0. The minimum Gasteiger partial charge on any atom is -0.377 e. The summed E-state index contributed by atoms with van der Waals surface area (Å²) in [6.45, 7) is 7.02. The van der Waals surface area contributed by atoms with Gasteiger partial charge in [0.15, 0.2) is 11.6 Å². The van der Waals surface area contributed by atoms with Crippen LogP contribution in [-0.2, 0) is 4.74 Å². The average molecular weight is 282 g/mol. The second-order valence-electron chi connectivity index (χ2n) is 4.96. The zero-order chi connectivity index (χ0) is 14.4. The summed E-state index contributed by atoms with van der Waals surface area (Å²) >= 11 is 0. The Balaban J connectivity index is 2.09. The fourth-order valence-corrected chi connectivity index (χ4v) is 2.40. The number of ether oxygens (including phenoxy) is 1. The van der Waals surface area contributed by atoms with E-state index in [2.05, 4.69) is 22.2 Å². The van der Waals surface area contributed by atoms with Gasteiger partial charge in [-0.05, 0) is 26.2 Å². The number of rotatable bonds is 6. The third-order valence-corrected chi connectivity index (χ3v) is 3.34. The van der Waals surface area contributed by atoms with Crippen LogP contribution in [0, 0.1) is 5.82 Å². The Morgan fingerprint density at radius 3 is 3.10 bits per heavy atom. The minimum atomic E-state index is -0.371. The van der Waals surface area contributed by atoms with Crippen LogP contribution in [0.5, 0.6) is 0 Å². The molecule has 5 nitrogen and oxygen atoms in total. The van der Waals surface area contributed by atoms with Gasteiger partial charge < -0.3 is 15.0 Å². The Kier molecular flexibility index (Phi) is 5.52. The maximum atomic E-state index is 14.0. The summed E-state index contributed by atoms with van der Waals surface area (Å²) in [5.74, 6) is 0.494. The zero-order valence-corrected chi connectivity index (χ0v) is 12.2. The Bertz CT molecular complexity index is 428. The van der Waals surface area contributed by atoms with E-state index in [0.717, 1.165) is 32.4 Å². The molecule has 1 unspecified atom stereocenters. The summed E-state index contributed by atoms with van der Waals surface area (Å²) < 4.78 is 19.6. The highest BCUT2D eigenvalue weighted by molar-refractivity contribution is 5.44. The summed E-state index contributed by atoms with van der Waals surface area (Å²) in [7, 11) is 0. The van der Waals surface area contributed by atoms with Crippen LogP contribution in [0.25, 0.3) is 0 Å². The highest BCUT2D eigenvalue weighted by Crippen LogP contribution is 2.23. The first kappa shape index (κ1) is 15.0. The van der Waals surface area contributed by atoms with Crippen molar-refractivity contribution in [2.24, 2.45) is 0 Å². The maximum Gasteiger partial charge on any atom is 0.224 e. The quantitative estimate of drug-likeness (QED) is 0.868. The number of piperidine rings is 1. The predicted molar refractivity (Wildman–Crippen MR) is 77.6 cm³/mol. The van der Waals surface area contributed by atoms with E-state index in [4.69, 9.17) is 4.74 Å². The molecule has 0 amide bonds. The van der Waals surface area contributed by atoms with E-state index < -0.39 is 0 Å². The number of hydrogen-bond donors (Lipinski definition) is 1. The van der Waals surface area contributed by atoms with Gasteiger partial charge in [-0.2, -0.15) is 4.98 Å². The summed E-state index contributed by atoms with van der Waals surface area (Å²) in [5, 5.41) is 3.09. The fraction of sp³-hybridized carbons (Fsp3) is 0.714. The van der Waals surface area contributed by atoms with Crippen LogP contribution in [-0.4, -0.2) is 42.3 Å². The monoisotopic (exact) mass is 282 g/mol. The van der Waals surface area contributed by atoms with Gasteiger partial charge in [0.1, 0.15) is 0 Å². The molecule has 2 heterocycles. The molecule has 0 spiro atoms. The van der Waals surface area contributed by atoms with Crippen molar-refractivity contribution in [3.05, 3.63) is 12.0 Å². The Morgan fingerprint density at radius 2 is 2.35 bits per heavy atom. The van der Waals surface area contributed by atoms with Crippen LogP contribution < -0.4 is 10.2 Å². The molecular weight excluding hydrogens is 259 g/mol. The minimum absolute atomic E-state index is 0.162. The number of nitrogens with one attached hydrogen (secondary N) is 1. The highest BCUT2D eigenvalue weighted by atomic mass is 19.1. The molecule has 0 aromatic carbocycles. The van der Waals surface area contributed by atoms with Crippen molar-refractivity contribution in [1.82, 2.24) is 9.97 Å². The second-order valence-corrected chi connectivity index (χ2v) is 4.96. The second kappa shape index (κ2) is 7.38. The molecule has 6 heteroatoms. The van der Waals surface area contributed by atoms with E-state index >= 15 is 0 Å². The summed E-state index contributed by atoms with van der Waals surface area (Å²) in [5.41, 5.74) is 0. The van der Waals surface area contributed by atoms with E-state index in [1.165, 1.54) is 6.20 Å². The molecule has 1 atom stereocenters. The van der Waals surface area contributed by atoms with E-state index in [-0.39, 0.29) is 11.9 Å². The van der Waals surface area contributed by atoms with Gasteiger partial charge in [-0.3, -0.25) is 0 Å². The molecule has 1 N–H and O–H groups in total. The van der Waals surface area contributed by atoms with Crippen molar-refractivity contribution in [2.45, 2.75) is 39.2 Å². The van der Waals surface area contributed by atoms with Gasteiger partial charge in [0.25, 0.3) is 0 Å². The first-order valence-electron chi connectivity index (χ1n) is 7.37. The standard InChI is InChI=1S/C14H23FN4O/c1-3-7-16-14-17-9-12(15)13(18-14)19-8-5-6-11(10-19)20-4-2/h9,11H,3-8,10H2,1-2H3,(H,16,17,18). The van der Waals surface area contributed by atoms with Gasteiger partial charge in [-0.1, -0.05) is 6.92 Å². The van der Waals surface area contributed by atoms with Crippen LogP contribution in [0.2, 0.25) is 0 Å². The molecule has 1 aliphatic heterocycles. The largest absolute Gasteiger partial charge is 0.377 e. The van der Waals surface area contributed by atoms with Crippen molar-refractivity contribution in [1.29, 1.82) is 0 Å². The zero-order valence-electron chi connectivity index (χ0n) is 12.2. The molecule has 1 fully saturated rings. The molecule has 0 aliphatic carbocycles. The fourth-order valence-electron chi connectivity index (χ4n) is 2.40. The van der Waals surface area contributed by atoms with Crippen LogP contribution >= 0.6 is 0 Å². The van der Waals surface area contributed by atoms with E-state index in [1.807, 2.05) is 11.8 Å². The smallest absolute Gasteiger partial charge is 0.224 e. The molecule has 20 heavy (non-hydrogen) atoms. The van der Waals surface area contributed by atoms with E-state index in [9.17, 15) is 4.39 Å². The van der Waals surface area contributed by atoms with Gasteiger partial charge in [-0.15, -0.1) is 0 Å². The average Bonchev–Trinajstić information content (AvgIpc) is 2.47. The van der Waals surface area contributed by atoms with Crippen molar-refractivity contribution in [3.63, 3.8) is 0 Å². The summed E-state index contributed by atoms with van der Waals surface area (Å²) in [6.07, 6.45) is 4.40. The normalized spacial score (nSPS) is 19.1. The van der Waals surface area contributed by atoms with Gasteiger partial charge >= 0.3 is 0 Å². The number of halogens is 1. The van der Waals surface area contributed by atoms with Crippen molar-refractivity contribution in [3.8, 4) is 0 Å². The first-order valence-corrected chi connectivity index (χ1v) is 7.37. The lowest BCUT2D eigenvalue weighted by Gasteiger charge is -2.33. The van der Waals surface area contributed by atoms with Crippen LogP contribution in [0.3, 0.4) is 0 Å². The number of hydrogen-bond acceptors (Lipinski definition) is 5. The van der Waals surface area contributed by atoms with Crippen molar-refractivity contribution < 1.29 is 9.13 Å². The molecule has 1 aromatic rings. The SMILES string of the molecule is CCCNc1ncc(F)c(N2CCCC(OCC)C2)n1. The molecule has 0 bridgehead atoms. The Labute approximate surface area is 119 Å². The molecule has 1 aliphatic rings. The molecule has 112 valence electrons. The molecule has 1 aromatic heterocycles. The third kappa shape index (κ3) is 3.79. The van der Waals surface area contributed by atoms with Crippen LogP contribution in [0.1, 0.15) is 33.1 Å². The topological polar surface area (TPSA) is 50.3 Å².